The number of Topliss-reactive ketones (excluding diaryl/α,β-unsaturated/α-hetero) is 1. The van der Waals surface area contributed by atoms with Crippen molar-refractivity contribution in [2.45, 2.75) is 32.4 Å². The maximum Gasteiger partial charge on any atom is 0.159 e. The van der Waals surface area contributed by atoms with Crippen molar-refractivity contribution in [3.8, 4) is 0 Å². The van der Waals surface area contributed by atoms with E-state index in [-0.39, 0.29) is 11.8 Å². The van der Waals surface area contributed by atoms with Gasteiger partial charge in [-0.2, -0.15) is 0 Å². The molecule has 2 rings (SSSR count). The maximum absolute atomic E-state index is 11.5. The van der Waals surface area contributed by atoms with Gasteiger partial charge in [0.1, 0.15) is 0 Å². The highest BCUT2D eigenvalue weighted by atomic mass is 16.3. The van der Waals surface area contributed by atoms with Gasteiger partial charge in [-0.05, 0) is 32.9 Å². The van der Waals surface area contributed by atoms with Crippen molar-refractivity contribution in [1.82, 2.24) is 5.32 Å². The number of carbonyl (C=O) groups excluding carboxylic acids is 1. The van der Waals surface area contributed by atoms with Crippen LogP contribution in [0.4, 0.5) is 5.69 Å². The van der Waals surface area contributed by atoms with Crippen LogP contribution < -0.4 is 10.2 Å². The molecule has 0 amide bonds. The summed E-state index contributed by atoms with van der Waals surface area (Å²) in [6, 6.07) is 7.89. The Morgan fingerprint density at radius 2 is 2.26 bits per heavy atom. The lowest BCUT2D eigenvalue weighted by molar-refractivity contribution is 0.0726. The number of aliphatic hydroxyl groups is 1. The van der Waals surface area contributed by atoms with Crippen molar-refractivity contribution in [3.05, 3.63) is 29.8 Å². The van der Waals surface area contributed by atoms with E-state index in [1.165, 1.54) is 0 Å². The highest BCUT2D eigenvalue weighted by Gasteiger charge is 2.30. The van der Waals surface area contributed by atoms with E-state index < -0.39 is 5.60 Å². The molecule has 0 aromatic heterocycles. The van der Waals surface area contributed by atoms with Gasteiger partial charge in [-0.3, -0.25) is 4.79 Å². The Labute approximate surface area is 114 Å². The van der Waals surface area contributed by atoms with Gasteiger partial charge in [0.15, 0.2) is 5.78 Å². The molecule has 1 heterocycles. The highest BCUT2D eigenvalue weighted by molar-refractivity contribution is 5.95. The summed E-state index contributed by atoms with van der Waals surface area (Å²) in [7, 11) is 0. The first-order valence-electron chi connectivity index (χ1n) is 6.70. The number of carbonyl (C=O) groups is 1. The van der Waals surface area contributed by atoms with E-state index in [4.69, 9.17) is 0 Å². The molecule has 0 aliphatic carbocycles. The quantitative estimate of drug-likeness (QED) is 0.792. The Hall–Kier alpha value is -1.39. The Bertz CT molecular complexity index is 471. The van der Waals surface area contributed by atoms with Crippen molar-refractivity contribution in [2.24, 2.45) is 0 Å². The van der Waals surface area contributed by atoms with Crippen LogP contribution in [-0.2, 0) is 0 Å². The van der Waals surface area contributed by atoms with Gasteiger partial charge in [0.05, 0.1) is 5.60 Å². The maximum atomic E-state index is 11.5. The Morgan fingerprint density at radius 1 is 1.53 bits per heavy atom. The molecule has 19 heavy (non-hydrogen) atoms. The second kappa shape index (κ2) is 5.31. The summed E-state index contributed by atoms with van der Waals surface area (Å²) >= 11 is 0. The number of ketones is 1. The normalized spacial score (nSPS) is 28.0. The minimum absolute atomic E-state index is 0.0641. The number of hydrogen-bond donors (Lipinski definition) is 2. The Kier molecular flexibility index (Phi) is 3.92. The predicted molar refractivity (Wildman–Crippen MR) is 76.7 cm³/mol. The first-order valence-corrected chi connectivity index (χ1v) is 6.70. The summed E-state index contributed by atoms with van der Waals surface area (Å²) < 4.78 is 0. The summed E-state index contributed by atoms with van der Waals surface area (Å²) in [6.07, 6.45) is 0. The van der Waals surface area contributed by atoms with Crippen molar-refractivity contribution in [1.29, 1.82) is 0 Å². The average Bonchev–Trinajstić information content (AvgIpc) is 2.48. The fourth-order valence-electron chi connectivity index (χ4n) is 2.49. The molecule has 0 bridgehead atoms. The van der Waals surface area contributed by atoms with Gasteiger partial charge in [-0.15, -0.1) is 0 Å². The molecular weight excluding hydrogens is 240 g/mol. The van der Waals surface area contributed by atoms with Gasteiger partial charge in [0.25, 0.3) is 0 Å². The van der Waals surface area contributed by atoms with Crippen LogP contribution in [0.25, 0.3) is 0 Å². The molecule has 1 aromatic carbocycles. The van der Waals surface area contributed by atoms with Crippen molar-refractivity contribution in [2.75, 3.05) is 24.5 Å². The van der Waals surface area contributed by atoms with Gasteiger partial charge < -0.3 is 15.3 Å². The first-order chi connectivity index (χ1) is 8.89. The molecule has 2 N–H and O–H groups in total. The third-order valence-electron chi connectivity index (χ3n) is 3.57. The standard InChI is InChI=1S/C15H22N2O2/c1-11-8-16-9-15(3,19)10-17(11)14-6-4-5-13(7-14)12(2)18/h4-7,11,16,19H,8-10H2,1-3H3. The third kappa shape index (κ3) is 3.33. The molecular formula is C15H22N2O2. The Balaban J connectivity index is 2.32. The van der Waals surface area contributed by atoms with Gasteiger partial charge >= 0.3 is 0 Å². The largest absolute Gasteiger partial charge is 0.387 e. The lowest BCUT2D eigenvalue weighted by Crippen LogP contribution is -2.45. The fraction of sp³-hybridized carbons (Fsp3) is 0.533. The molecule has 0 radical (unpaired) electrons. The van der Waals surface area contributed by atoms with E-state index in [1.807, 2.05) is 31.2 Å². The summed E-state index contributed by atoms with van der Waals surface area (Å²) in [5, 5.41) is 13.6. The molecule has 0 spiro atoms. The minimum atomic E-state index is -0.767. The van der Waals surface area contributed by atoms with Crippen molar-refractivity contribution >= 4 is 11.5 Å². The van der Waals surface area contributed by atoms with Crippen LogP contribution in [0.1, 0.15) is 31.1 Å². The third-order valence-corrected chi connectivity index (χ3v) is 3.57. The highest BCUT2D eigenvalue weighted by Crippen LogP contribution is 2.23. The monoisotopic (exact) mass is 262 g/mol. The molecule has 1 saturated heterocycles. The van der Waals surface area contributed by atoms with E-state index in [0.717, 1.165) is 12.2 Å². The lowest BCUT2D eigenvalue weighted by atomic mass is 10.1. The van der Waals surface area contributed by atoms with Crippen LogP contribution in [-0.4, -0.2) is 42.2 Å². The zero-order chi connectivity index (χ0) is 14.0. The summed E-state index contributed by atoms with van der Waals surface area (Å²) in [5.41, 5.74) is 0.933. The van der Waals surface area contributed by atoms with Gasteiger partial charge in [-0.25, -0.2) is 0 Å². The number of β-amino-alcohol motifs (C(OH)–C–C–N with tert-alkyl or cyclic N) is 1. The molecule has 0 saturated carbocycles. The average molecular weight is 262 g/mol. The van der Waals surface area contributed by atoms with E-state index in [2.05, 4.69) is 17.1 Å². The first kappa shape index (κ1) is 14.0. The Morgan fingerprint density at radius 3 is 2.95 bits per heavy atom. The molecule has 1 fully saturated rings. The molecule has 4 nitrogen and oxygen atoms in total. The molecule has 104 valence electrons. The molecule has 4 heteroatoms. The SMILES string of the molecule is CC(=O)c1cccc(N2CC(C)(O)CNCC2C)c1. The number of anilines is 1. The van der Waals surface area contributed by atoms with E-state index in [1.54, 1.807) is 6.92 Å². The predicted octanol–water partition coefficient (Wildman–Crippen LogP) is 1.44. The number of nitrogens with zero attached hydrogens (tertiary/aromatic N) is 1. The zero-order valence-corrected chi connectivity index (χ0v) is 11.8. The topological polar surface area (TPSA) is 52.6 Å². The number of nitrogens with one attached hydrogen (secondary N) is 1. The molecule has 1 aromatic rings. The van der Waals surface area contributed by atoms with Gasteiger partial charge in [0, 0.05) is 36.9 Å². The molecule has 2 atom stereocenters. The van der Waals surface area contributed by atoms with Crippen molar-refractivity contribution in [3.63, 3.8) is 0 Å². The molecule has 2 unspecified atom stereocenters. The minimum Gasteiger partial charge on any atom is -0.387 e. The lowest BCUT2D eigenvalue weighted by Gasteiger charge is -2.33. The van der Waals surface area contributed by atoms with Crippen LogP contribution in [0.2, 0.25) is 0 Å². The van der Waals surface area contributed by atoms with Crippen molar-refractivity contribution < 1.29 is 9.90 Å². The summed E-state index contributed by atoms with van der Waals surface area (Å²) in [6.45, 7) is 7.49. The fourth-order valence-corrected chi connectivity index (χ4v) is 2.49. The number of benzene rings is 1. The van der Waals surface area contributed by atoms with E-state index in [9.17, 15) is 9.90 Å². The van der Waals surface area contributed by atoms with Gasteiger partial charge in [-0.1, -0.05) is 12.1 Å². The van der Waals surface area contributed by atoms with Gasteiger partial charge in [0.2, 0.25) is 0 Å². The van der Waals surface area contributed by atoms with Crippen LogP contribution in [0, 0.1) is 0 Å². The number of rotatable bonds is 2. The van der Waals surface area contributed by atoms with Crippen LogP contribution in [0.3, 0.4) is 0 Å². The summed E-state index contributed by atoms with van der Waals surface area (Å²) in [5.74, 6) is 0.0641. The van der Waals surface area contributed by atoms with E-state index in [0.29, 0.717) is 18.7 Å². The molecule has 1 aliphatic rings. The van der Waals surface area contributed by atoms with E-state index >= 15 is 0 Å². The summed E-state index contributed by atoms with van der Waals surface area (Å²) in [4.78, 5) is 13.6. The molecule has 1 aliphatic heterocycles. The van der Waals surface area contributed by atoms with Crippen LogP contribution >= 0.6 is 0 Å². The van der Waals surface area contributed by atoms with Crippen LogP contribution in [0.5, 0.6) is 0 Å². The second-order valence-electron chi connectivity index (χ2n) is 5.71. The zero-order valence-electron chi connectivity index (χ0n) is 11.8. The smallest absolute Gasteiger partial charge is 0.159 e. The number of hydrogen-bond acceptors (Lipinski definition) is 4. The second-order valence-corrected chi connectivity index (χ2v) is 5.71. The van der Waals surface area contributed by atoms with Crippen LogP contribution in [0.15, 0.2) is 24.3 Å².